The van der Waals surface area contributed by atoms with Gasteiger partial charge in [-0.3, -0.25) is 9.59 Å². The van der Waals surface area contributed by atoms with Crippen LogP contribution in [0, 0.1) is 0 Å². The Bertz CT molecular complexity index is 979. The van der Waals surface area contributed by atoms with Crippen molar-refractivity contribution >= 4 is 34.6 Å². The van der Waals surface area contributed by atoms with E-state index in [2.05, 4.69) is 5.32 Å². The minimum absolute atomic E-state index is 0.0129. The third kappa shape index (κ3) is 5.34. The summed E-state index contributed by atoms with van der Waals surface area (Å²) < 4.78 is 5.23. The average molecular weight is 412 g/mol. The Kier molecular flexibility index (Phi) is 6.05. The molecule has 0 unspecified atom stereocenters. The van der Waals surface area contributed by atoms with Crippen LogP contribution in [0.15, 0.2) is 42.5 Å². The Labute approximate surface area is 174 Å². The molecule has 0 bridgehead atoms. The van der Waals surface area contributed by atoms with Gasteiger partial charge in [0.2, 0.25) is 0 Å². The van der Waals surface area contributed by atoms with Gasteiger partial charge in [-0.05, 0) is 37.1 Å². The predicted octanol–water partition coefficient (Wildman–Crippen LogP) is 2.88. The lowest BCUT2D eigenvalue weighted by atomic mass is 10.0. The number of hydrogen-bond donors (Lipinski definition) is 1. The number of nitrogens with zero attached hydrogens (tertiary/aromatic N) is 1. The van der Waals surface area contributed by atoms with Crippen molar-refractivity contribution < 1.29 is 28.8 Å². The summed E-state index contributed by atoms with van der Waals surface area (Å²) in [5, 5.41) is 4.97. The molecule has 8 heteroatoms. The summed E-state index contributed by atoms with van der Waals surface area (Å²) >= 11 is 0. The first-order valence-electron chi connectivity index (χ1n) is 9.67. The lowest BCUT2D eigenvalue weighted by Gasteiger charge is -2.24. The number of fused-ring (bicyclic) bond motifs is 1. The number of hydroxylamine groups is 2. The van der Waals surface area contributed by atoms with Crippen LogP contribution in [0.3, 0.4) is 0 Å². The molecular weight excluding hydrogens is 388 g/mol. The largest absolute Gasteiger partial charge is 0.444 e. The predicted molar refractivity (Wildman–Crippen MR) is 108 cm³/mol. The first kappa shape index (κ1) is 21.3. The number of hydrogen-bond acceptors (Lipinski definition) is 6. The Hall–Kier alpha value is -3.42. The molecular formula is C22H24N2O6. The molecule has 1 fully saturated rings. The molecule has 0 aromatic heterocycles. The van der Waals surface area contributed by atoms with Gasteiger partial charge in [0.1, 0.15) is 11.6 Å². The zero-order valence-electron chi connectivity index (χ0n) is 17.1. The van der Waals surface area contributed by atoms with Gasteiger partial charge in [0.05, 0.1) is 0 Å². The highest BCUT2D eigenvalue weighted by Crippen LogP contribution is 2.18. The molecule has 0 saturated carbocycles. The van der Waals surface area contributed by atoms with Crippen molar-refractivity contribution in [1.29, 1.82) is 0 Å². The second-order valence-corrected chi connectivity index (χ2v) is 8.08. The maximum Gasteiger partial charge on any atom is 0.408 e. The van der Waals surface area contributed by atoms with Gasteiger partial charge >= 0.3 is 12.1 Å². The second-order valence-electron chi connectivity index (χ2n) is 8.08. The van der Waals surface area contributed by atoms with E-state index in [0.29, 0.717) is 5.06 Å². The standard InChI is InChI=1S/C22H24N2O6/c1-22(2,3)29-21(28)23-17(20(27)30-24-18(25)10-11-19(24)26)13-14-8-9-15-6-4-5-7-16(15)12-14/h4-9,12,17H,10-11,13H2,1-3H3,(H,23,28)/t17-/m1/s1. The molecule has 1 saturated heterocycles. The summed E-state index contributed by atoms with van der Waals surface area (Å²) in [6.07, 6.45) is -0.731. The fourth-order valence-corrected chi connectivity index (χ4v) is 3.06. The minimum atomic E-state index is -1.15. The maximum atomic E-state index is 12.7. The number of benzene rings is 2. The molecule has 1 heterocycles. The molecule has 1 aliphatic rings. The fourth-order valence-electron chi connectivity index (χ4n) is 3.06. The normalized spacial score (nSPS) is 15.2. The van der Waals surface area contributed by atoms with Gasteiger partial charge in [0.15, 0.2) is 0 Å². The van der Waals surface area contributed by atoms with E-state index in [1.54, 1.807) is 20.8 Å². The number of amides is 3. The van der Waals surface area contributed by atoms with Gasteiger partial charge in [-0.25, -0.2) is 9.59 Å². The monoisotopic (exact) mass is 412 g/mol. The third-order valence-electron chi connectivity index (χ3n) is 4.42. The van der Waals surface area contributed by atoms with Crippen LogP contribution >= 0.6 is 0 Å². The molecule has 158 valence electrons. The Morgan fingerprint density at radius 3 is 2.30 bits per heavy atom. The van der Waals surface area contributed by atoms with E-state index in [9.17, 15) is 19.2 Å². The summed E-state index contributed by atoms with van der Waals surface area (Å²) in [7, 11) is 0. The van der Waals surface area contributed by atoms with E-state index in [1.165, 1.54) is 0 Å². The summed E-state index contributed by atoms with van der Waals surface area (Å²) in [6, 6.07) is 12.2. The van der Waals surface area contributed by atoms with E-state index in [-0.39, 0.29) is 19.3 Å². The van der Waals surface area contributed by atoms with Gasteiger partial charge < -0.3 is 14.9 Å². The molecule has 8 nitrogen and oxygen atoms in total. The minimum Gasteiger partial charge on any atom is -0.444 e. The third-order valence-corrected chi connectivity index (χ3v) is 4.42. The van der Waals surface area contributed by atoms with Crippen molar-refractivity contribution in [2.24, 2.45) is 0 Å². The number of rotatable bonds is 5. The first-order valence-corrected chi connectivity index (χ1v) is 9.67. The fraction of sp³-hybridized carbons (Fsp3) is 0.364. The lowest BCUT2D eigenvalue weighted by molar-refractivity contribution is -0.198. The van der Waals surface area contributed by atoms with Crippen LogP contribution in [0.1, 0.15) is 39.2 Å². The van der Waals surface area contributed by atoms with Crippen LogP contribution < -0.4 is 5.32 Å². The molecule has 0 spiro atoms. The summed E-state index contributed by atoms with van der Waals surface area (Å²) in [5.41, 5.74) is 0.00771. The quantitative estimate of drug-likeness (QED) is 0.758. The highest BCUT2D eigenvalue weighted by molar-refractivity contribution is 6.02. The van der Waals surface area contributed by atoms with Crippen molar-refractivity contribution in [1.82, 2.24) is 10.4 Å². The van der Waals surface area contributed by atoms with E-state index < -0.39 is 35.5 Å². The van der Waals surface area contributed by atoms with Gasteiger partial charge in [0, 0.05) is 19.3 Å². The Morgan fingerprint density at radius 1 is 1.03 bits per heavy atom. The number of imide groups is 1. The van der Waals surface area contributed by atoms with Crippen LogP contribution in [-0.4, -0.2) is 40.6 Å². The van der Waals surface area contributed by atoms with Crippen LogP contribution in [0.5, 0.6) is 0 Å². The number of carbonyl (C=O) groups is 4. The van der Waals surface area contributed by atoms with Gasteiger partial charge in [-0.15, -0.1) is 5.06 Å². The molecule has 1 atom stereocenters. The van der Waals surface area contributed by atoms with Crippen molar-refractivity contribution in [2.75, 3.05) is 0 Å². The average Bonchev–Trinajstić information content (AvgIpc) is 2.98. The Morgan fingerprint density at radius 2 is 1.67 bits per heavy atom. The molecule has 1 aliphatic heterocycles. The summed E-state index contributed by atoms with van der Waals surface area (Å²) in [5.74, 6) is -2.09. The van der Waals surface area contributed by atoms with Crippen molar-refractivity contribution in [3.8, 4) is 0 Å². The highest BCUT2D eigenvalue weighted by atomic mass is 16.7. The topological polar surface area (TPSA) is 102 Å². The van der Waals surface area contributed by atoms with Crippen LogP contribution in [-0.2, 0) is 30.4 Å². The van der Waals surface area contributed by atoms with Crippen molar-refractivity contribution in [2.45, 2.75) is 51.7 Å². The summed E-state index contributed by atoms with van der Waals surface area (Å²) in [4.78, 5) is 53.5. The molecule has 3 rings (SSSR count). The van der Waals surface area contributed by atoms with E-state index in [1.807, 2.05) is 42.5 Å². The molecule has 2 aromatic carbocycles. The smallest absolute Gasteiger partial charge is 0.408 e. The van der Waals surface area contributed by atoms with Crippen LogP contribution in [0.25, 0.3) is 10.8 Å². The highest BCUT2D eigenvalue weighted by Gasteiger charge is 2.36. The van der Waals surface area contributed by atoms with Gasteiger partial charge in [-0.1, -0.05) is 42.5 Å². The maximum absolute atomic E-state index is 12.7. The van der Waals surface area contributed by atoms with Gasteiger partial charge in [0.25, 0.3) is 11.8 Å². The second kappa shape index (κ2) is 8.52. The molecule has 2 aromatic rings. The number of alkyl carbamates (subject to hydrolysis) is 1. The van der Waals surface area contributed by atoms with Crippen LogP contribution in [0.2, 0.25) is 0 Å². The number of nitrogens with one attached hydrogen (secondary N) is 1. The van der Waals surface area contributed by atoms with Gasteiger partial charge in [-0.2, -0.15) is 0 Å². The molecule has 3 amide bonds. The van der Waals surface area contributed by atoms with E-state index >= 15 is 0 Å². The summed E-state index contributed by atoms with van der Waals surface area (Å²) in [6.45, 7) is 5.10. The zero-order chi connectivity index (χ0) is 21.9. The van der Waals surface area contributed by atoms with E-state index in [0.717, 1.165) is 16.3 Å². The van der Waals surface area contributed by atoms with Crippen molar-refractivity contribution in [3.05, 3.63) is 48.0 Å². The van der Waals surface area contributed by atoms with Crippen LogP contribution in [0.4, 0.5) is 4.79 Å². The molecule has 0 radical (unpaired) electrons. The number of ether oxygens (including phenoxy) is 1. The molecule has 1 N–H and O–H groups in total. The Balaban J connectivity index is 1.80. The zero-order valence-corrected chi connectivity index (χ0v) is 17.1. The molecule has 0 aliphatic carbocycles. The first-order chi connectivity index (χ1) is 14.1. The molecule has 30 heavy (non-hydrogen) atoms. The SMILES string of the molecule is CC(C)(C)OC(=O)N[C@H](Cc1ccc2ccccc2c1)C(=O)ON1C(=O)CCC1=O. The number of carbonyl (C=O) groups excluding carboxylic acids is 4. The lowest BCUT2D eigenvalue weighted by Crippen LogP contribution is -2.48. The van der Waals surface area contributed by atoms with E-state index in [4.69, 9.17) is 9.57 Å². The van der Waals surface area contributed by atoms with Crippen molar-refractivity contribution in [3.63, 3.8) is 0 Å².